The molecule has 0 bridgehead atoms. The molecule has 1 atom stereocenters. The molecule has 1 unspecified atom stereocenters. The van der Waals surface area contributed by atoms with Crippen molar-refractivity contribution in [1.29, 1.82) is 0 Å². The van der Waals surface area contributed by atoms with Crippen molar-refractivity contribution in [2.75, 3.05) is 6.61 Å². The predicted molar refractivity (Wildman–Crippen MR) is 80.7 cm³/mol. The normalized spacial score (nSPS) is 9.74. The van der Waals surface area contributed by atoms with Crippen LogP contribution in [0.1, 0.15) is 51.9 Å². The standard InChI is InChI=1S/C18H22O/c1-3-5-7-9-11-13-15-18(17-19)16-14-12-10-8-6-4-2/h1,18-19H,4,6,8,10,12,14,16-17H2,2H3. The molecule has 1 nitrogen and oxygen atoms in total. The summed E-state index contributed by atoms with van der Waals surface area (Å²) in [6.07, 6.45) is 13.4. The van der Waals surface area contributed by atoms with Crippen LogP contribution in [0.2, 0.25) is 0 Å². The number of unbranched alkanes of at least 4 members (excludes halogenated alkanes) is 5. The summed E-state index contributed by atoms with van der Waals surface area (Å²) in [5.41, 5.74) is 0. The topological polar surface area (TPSA) is 20.2 Å². The Morgan fingerprint density at radius 2 is 1.53 bits per heavy atom. The summed E-state index contributed by atoms with van der Waals surface area (Å²) in [5, 5.41) is 9.20. The Hall–Kier alpha value is -1.80. The van der Waals surface area contributed by atoms with Crippen LogP contribution in [0.4, 0.5) is 0 Å². The van der Waals surface area contributed by atoms with E-state index in [2.05, 4.69) is 48.4 Å². The van der Waals surface area contributed by atoms with E-state index in [1.165, 1.54) is 32.1 Å². The van der Waals surface area contributed by atoms with Gasteiger partial charge in [0.05, 0.1) is 6.61 Å². The van der Waals surface area contributed by atoms with E-state index in [4.69, 9.17) is 6.42 Å². The van der Waals surface area contributed by atoms with Gasteiger partial charge in [-0.2, -0.15) is 0 Å². The van der Waals surface area contributed by atoms with Crippen molar-refractivity contribution < 1.29 is 5.11 Å². The van der Waals surface area contributed by atoms with Crippen molar-refractivity contribution in [2.24, 2.45) is 5.92 Å². The van der Waals surface area contributed by atoms with Crippen LogP contribution in [0.25, 0.3) is 0 Å². The van der Waals surface area contributed by atoms with Crippen LogP contribution < -0.4 is 0 Å². The van der Waals surface area contributed by atoms with Gasteiger partial charge in [-0.1, -0.05) is 51.4 Å². The Bertz CT molecular complexity index is 434. The second kappa shape index (κ2) is 14.3. The molecular weight excluding hydrogens is 232 g/mol. The zero-order valence-electron chi connectivity index (χ0n) is 11.8. The Morgan fingerprint density at radius 3 is 2.21 bits per heavy atom. The van der Waals surface area contributed by atoms with E-state index in [1.807, 2.05) is 0 Å². The van der Waals surface area contributed by atoms with E-state index in [-0.39, 0.29) is 12.5 Å². The number of aliphatic hydroxyl groups is 1. The van der Waals surface area contributed by atoms with Crippen molar-refractivity contribution in [2.45, 2.75) is 51.9 Å². The van der Waals surface area contributed by atoms with Gasteiger partial charge in [-0.05, 0) is 41.9 Å². The molecule has 100 valence electrons. The molecule has 1 heteroatoms. The quantitative estimate of drug-likeness (QED) is 0.521. The van der Waals surface area contributed by atoms with Crippen LogP contribution >= 0.6 is 0 Å². The molecule has 0 saturated heterocycles. The van der Waals surface area contributed by atoms with Crippen molar-refractivity contribution in [3.05, 3.63) is 0 Å². The number of rotatable bonds is 8. The largest absolute Gasteiger partial charge is 0.395 e. The third kappa shape index (κ3) is 12.4. The lowest BCUT2D eigenvalue weighted by molar-refractivity contribution is 0.248. The van der Waals surface area contributed by atoms with Gasteiger partial charge in [0.25, 0.3) is 0 Å². The number of terminal acetylenes is 1. The highest BCUT2D eigenvalue weighted by molar-refractivity contribution is 5.39. The van der Waals surface area contributed by atoms with Crippen LogP contribution in [0.15, 0.2) is 0 Å². The van der Waals surface area contributed by atoms with Gasteiger partial charge in [-0.15, -0.1) is 6.42 Å². The molecule has 1 N–H and O–H groups in total. The highest BCUT2D eigenvalue weighted by atomic mass is 16.3. The predicted octanol–water partition coefficient (Wildman–Crippen LogP) is 2.99. The summed E-state index contributed by atoms with van der Waals surface area (Å²) in [6.45, 7) is 2.31. The molecule has 0 aliphatic carbocycles. The van der Waals surface area contributed by atoms with Crippen molar-refractivity contribution in [3.63, 3.8) is 0 Å². The molecule has 0 aromatic carbocycles. The summed E-state index contributed by atoms with van der Waals surface area (Å²) in [7, 11) is 0. The van der Waals surface area contributed by atoms with Gasteiger partial charge < -0.3 is 5.11 Å². The maximum absolute atomic E-state index is 9.20. The van der Waals surface area contributed by atoms with Gasteiger partial charge in [-0.25, -0.2) is 0 Å². The molecule has 0 amide bonds. The first kappa shape index (κ1) is 17.2. The van der Waals surface area contributed by atoms with Gasteiger partial charge in [0.1, 0.15) is 0 Å². The van der Waals surface area contributed by atoms with Crippen molar-refractivity contribution in [1.82, 2.24) is 0 Å². The first-order valence-corrected chi connectivity index (χ1v) is 6.92. The maximum Gasteiger partial charge on any atom is 0.0569 e. The summed E-state index contributed by atoms with van der Waals surface area (Å²) in [6, 6.07) is 0. The van der Waals surface area contributed by atoms with Gasteiger partial charge in [-0.3, -0.25) is 0 Å². The first-order chi connectivity index (χ1) is 9.35. The molecule has 0 aromatic rings. The van der Waals surface area contributed by atoms with Crippen molar-refractivity contribution >= 4 is 0 Å². The van der Waals surface area contributed by atoms with Crippen LogP contribution in [-0.2, 0) is 0 Å². The average Bonchev–Trinajstić information content (AvgIpc) is 2.44. The molecule has 0 heterocycles. The average molecular weight is 254 g/mol. The zero-order chi connectivity index (χ0) is 14.2. The second-order valence-corrected chi connectivity index (χ2v) is 4.35. The SMILES string of the molecule is C#CC#CC#CC#CC(CO)CCCCCCCC. The number of hydrogen-bond donors (Lipinski definition) is 1. The molecule has 19 heavy (non-hydrogen) atoms. The van der Waals surface area contributed by atoms with E-state index in [9.17, 15) is 5.11 Å². The van der Waals surface area contributed by atoms with Gasteiger partial charge in [0.15, 0.2) is 0 Å². The Kier molecular flexibility index (Phi) is 12.9. The minimum Gasteiger partial charge on any atom is -0.395 e. The van der Waals surface area contributed by atoms with Crippen LogP contribution in [0, 0.1) is 53.8 Å². The van der Waals surface area contributed by atoms with Gasteiger partial charge in [0.2, 0.25) is 0 Å². The minimum absolute atomic E-state index is 0.0288. The summed E-state index contributed by atoms with van der Waals surface area (Å²) in [5.74, 6) is 17.9. The molecule has 0 aromatic heterocycles. The van der Waals surface area contributed by atoms with E-state index in [0.29, 0.717) is 0 Å². The lowest BCUT2D eigenvalue weighted by Crippen LogP contribution is -2.02. The van der Waals surface area contributed by atoms with Gasteiger partial charge in [0, 0.05) is 5.92 Å². The van der Waals surface area contributed by atoms with Gasteiger partial charge >= 0.3 is 0 Å². The fraction of sp³-hybridized carbons (Fsp3) is 0.556. The molecular formula is C18H22O. The van der Waals surface area contributed by atoms with Crippen LogP contribution in [0.3, 0.4) is 0 Å². The summed E-state index contributed by atoms with van der Waals surface area (Å²) < 4.78 is 0. The van der Waals surface area contributed by atoms with Crippen molar-refractivity contribution in [3.8, 4) is 47.9 Å². The zero-order valence-corrected chi connectivity index (χ0v) is 11.8. The summed E-state index contributed by atoms with van der Waals surface area (Å²) >= 11 is 0. The van der Waals surface area contributed by atoms with E-state index >= 15 is 0 Å². The molecule has 0 radical (unpaired) electrons. The van der Waals surface area contributed by atoms with E-state index in [0.717, 1.165) is 12.8 Å². The minimum atomic E-state index is 0.0288. The van der Waals surface area contributed by atoms with E-state index in [1.54, 1.807) is 0 Å². The van der Waals surface area contributed by atoms with Crippen LogP contribution in [0.5, 0.6) is 0 Å². The highest BCUT2D eigenvalue weighted by Gasteiger charge is 2.02. The lowest BCUT2D eigenvalue weighted by atomic mass is 10.0. The third-order valence-corrected chi connectivity index (χ3v) is 2.72. The first-order valence-electron chi connectivity index (χ1n) is 6.92. The monoisotopic (exact) mass is 254 g/mol. The third-order valence-electron chi connectivity index (χ3n) is 2.72. The fourth-order valence-corrected chi connectivity index (χ4v) is 1.65. The fourth-order valence-electron chi connectivity index (χ4n) is 1.65. The maximum atomic E-state index is 9.20. The Labute approximate surface area is 118 Å². The lowest BCUT2D eigenvalue weighted by Gasteiger charge is -2.06. The smallest absolute Gasteiger partial charge is 0.0569 e. The second-order valence-electron chi connectivity index (χ2n) is 4.35. The Balaban J connectivity index is 3.85. The molecule has 0 aliphatic rings. The number of hydrogen-bond acceptors (Lipinski definition) is 1. The van der Waals surface area contributed by atoms with E-state index < -0.39 is 0 Å². The Morgan fingerprint density at radius 1 is 0.895 bits per heavy atom. The molecule has 0 saturated carbocycles. The van der Waals surface area contributed by atoms with Crippen LogP contribution in [-0.4, -0.2) is 11.7 Å². The highest BCUT2D eigenvalue weighted by Crippen LogP contribution is 2.11. The molecule has 0 spiro atoms. The number of aliphatic hydroxyl groups excluding tert-OH is 1. The molecule has 0 fully saturated rings. The molecule has 0 aliphatic heterocycles. The summed E-state index contributed by atoms with van der Waals surface area (Å²) in [4.78, 5) is 0. The molecule has 0 rings (SSSR count).